The van der Waals surface area contributed by atoms with Gasteiger partial charge in [0.25, 0.3) is 0 Å². The zero-order valence-corrected chi connectivity index (χ0v) is 12.2. The van der Waals surface area contributed by atoms with Crippen molar-refractivity contribution in [3.63, 3.8) is 0 Å². The maximum absolute atomic E-state index is 11.8. The summed E-state index contributed by atoms with van der Waals surface area (Å²) in [4.78, 5) is 23.0. The van der Waals surface area contributed by atoms with E-state index in [2.05, 4.69) is 16.1 Å². The van der Waals surface area contributed by atoms with E-state index in [0.717, 1.165) is 25.7 Å². The van der Waals surface area contributed by atoms with Gasteiger partial charge in [0.15, 0.2) is 0 Å². The standard InChI is InChI=1S/C13H20N2O3S/c1-10(12(17)18-2)7-19-8-11(16)15-13(9-14)5-3-4-6-13/h10H,3-8H2,1-2H3,(H,15,16). The van der Waals surface area contributed by atoms with E-state index in [4.69, 9.17) is 5.26 Å². The van der Waals surface area contributed by atoms with Gasteiger partial charge in [-0.1, -0.05) is 6.92 Å². The summed E-state index contributed by atoms with van der Waals surface area (Å²) in [5, 5.41) is 12.0. The summed E-state index contributed by atoms with van der Waals surface area (Å²) in [5.74, 6) is 0.187. The molecule has 1 unspecified atom stereocenters. The van der Waals surface area contributed by atoms with E-state index < -0.39 is 5.54 Å². The third-order valence-electron chi connectivity index (χ3n) is 3.25. The first kappa shape index (κ1) is 15.8. The molecule has 1 atom stereocenters. The number of esters is 1. The predicted molar refractivity (Wildman–Crippen MR) is 73.5 cm³/mol. The number of nitriles is 1. The molecule has 0 aliphatic heterocycles. The van der Waals surface area contributed by atoms with Crippen LogP contribution in [0, 0.1) is 17.2 Å². The first-order valence-corrected chi connectivity index (χ1v) is 7.56. The minimum atomic E-state index is -0.661. The van der Waals surface area contributed by atoms with Crippen molar-refractivity contribution in [2.24, 2.45) is 5.92 Å². The van der Waals surface area contributed by atoms with Crippen LogP contribution in [0.5, 0.6) is 0 Å². The molecular formula is C13H20N2O3S. The van der Waals surface area contributed by atoms with E-state index in [9.17, 15) is 9.59 Å². The molecule has 0 radical (unpaired) electrons. The lowest BCUT2D eigenvalue weighted by molar-refractivity contribution is -0.144. The Morgan fingerprint density at radius 1 is 1.47 bits per heavy atom. The fraction of sp³-hybridized carbons (Fsp3) is 0.769. The lowest BCUT2D eigenvalue weighted by atomic mass is 10.0. The second-order valence-electron chi connectivity index (χ2n) is 4.89. The number of hydrogen-bond acceptors (Lipinski definition) is 5. The van der Waals surface area contributed by atoms with E-state index in [0.29, 0.717) is 5.75 Å². The Balaban J connectivity index is 2.29. The molecule has 6 heteroatoms. The summed E-state index contributed by atoms with van der Waals surface area (Å²) in [6.07, 6.45) is 3.44. The molecule has 1 N–H and O–H groups in total. The lowest BCUT2D eigenvalue weighted by Gasteiger charge is -2.21. The van der Waals surface area contributed by atoms with Gasteiger partial charge in [-0.25, -0.2) is 0 Å². The highest BCUT2D eigenvalue weighted by Crippen LogP contribution is 2.28. The van der Waals surface area contributed by atoms with Crippen LogP contribution in [0.25, 0.3) is 0 Å². The molecular weight excluding hydrogens is 264 g/mol. The summed E-state index contributed by atoms with van der Waals surface area (Å²) in [5.41, 5.74) is -0.661. The number of amides is 1. The second kappa shape index (κ2) is 7.39. The molecule has 1 aliphatic carbocycles. The van der Waals surface area contributed by atoms with Gasteiger partial charge in [0.1, 0.15) is 5.54 Å². The van der Waals surface area contributed by atoms with Gasteiger partial charge in [0, 0.05) is 5.75 Å². The quantitative estimate of drug-likeness (QED) is 0.747. The zero-order valence-electron chi connectivity index (χ0n) is 11.4. The summed E-state index contributed by atoms with van der Waals surface area (Å²) in [6.45, 7) is 1.77. The number of thioether (sulfide) groups is 1. The summed E-state index contributed by atoms with van der Waals surface area (Å²) in [6, 6.07) is 2.22. The molecule has 0 aromatic carbocycles. The van der Waals surface area contributed by atoms with Gasteiger partial charge in [-0.3, -0.25) is 9.59 Å². The first-order valence-electron chi connectivity index (χ1n) is 6.41. The van der Waals surface area contributed by atoms with Crippen molar-refractivity contribution in [2.75, 3.05) is 18.6 Å². The smallest absolute Gasteiger partial charge is 0.309 e. The van der Waals surface area contributed by atoms with Crippen molar-refractivity contribution in [1.82, 2.24) is 5.32 Å². The lowest BCUT2D eigenvalue weighted by Crippen LogP contribution is -2.45. The van der Waals surface area contributed by atoms with Gasteiger partial charge < -0.3 is 10.1 Å². The number of nitrogens with zero attached hydrogens (tertiary/aromatic N) is 1. The van der Waals surface area contributed by atoms with Crippen molar-refractivity contribution in [3.05, 3.63) is 0 Å². The van der Waals surface area contributed by atoms with Crippen molar-refractivity contribution in [3.8, 4) is 6.07 Å². The molecule has 5 nitrogen and oxygen atoms in total. The topological polar surface area (TPSA) is 79.2 Å². The Labute approximate surface area is 118 Å². The monoisotopic (exact) mass is 284 g/mol. The molecule has 0 bridgehead atoms. The number of nitrogens with one attached hydrogen (secondary N) is 1. The minimum Gasteiger partial charge on any atom is -0.469 e. The van der Waals surface area contributed by atoms with Gasteiger partial charge in [-0.05, 0) is 25.7 Å². The molecule has 0 aromatic rings. The summed E-state index contributed by atoms with van der Waals surface area (Å²) >= 11 is 1.38. The van der Waals surface area contributed by atoms with E-state index in [1.165, 1.54) is 18.9 Å². The third-order valence-corrected chi connectivity index (χ3v) is 4.46. The number of rotatable bonds is 6. The fourth-order valence-electron chi connectivity index (χ4n) is 2.14. The number of carbonyl (C=O) groups is 2. The molecule has 1 rings (SSSR count). The number of ether oxygens (including phenoxy) is 1. The molecule has 1 fully saturated rings. The van der Waals surface area contributed by atoms with Crippen molar-refractivity contribution in [2.45, 2.75) is 38.1 Å². The second-order valence-corrected chi connectivity index (χ2v) is 5.92. The van der Waals surface area contributed by atoms with Gasteiger partial charge in [0.05, 0.1) is 24.8 Å². The predicted octanol–water partition coefficient (Wildman–Crippen LogP) is 1.48. The Bertz CT molecular complexity index is 373. The largest absolute Gasteiger partial charge is 0.469 e. The molecule has 0 heterocycles. The van der Waals surface area contributed by atoms with E-state index >= 15 is 0 Å². The molecule has 19 heavy (non-hydrogen) atoms. The van der Waals surface area contributed by atoms with Crippen LogP contribution in [0.4, 0.5) is 0 Å². The van der Waals surface area contributed by atoms with E-state index in [1.807, 2.05) is 0 Å². The van der Waals surface area contributed by atoms with Crippen LogP contribution in [0.3, 0.4) is 0 Å². The Morgan fingerprint density at radius 3 is 2.63 bits per heavy atom. The van der Waals surface area contributed by atoms with Crippen LogP contribution < -0.4 is 5.32 Å². The third kappa shape index (κ3) is 4.75. The molecule has 0 saturated heterocycles. The molecule has 1 aliphatic rings. The SMILES string of the molecule is COC(=O)C(C)CSCC(=O)NC1(C#N)CCCC1. The molecule has 1 amide bonds. The summed E-state index contributed by atoms with van der Waals surface area (Å²) in [7, 11) is 1.35. The first-order chi connectivity index (χ1) is 9.03. The van der Waals surface area contributed by atoms with Crippen LogP contribution >= 0.6 is 11.8 Å². The van der Waals surface area contributed by atoms with Crippen LogP contribution in [0.2, 0.25) is 0 Å². The number of carbonyl (C=O) groups excluding carboxylic acids is 2. The molecule has 106 valence electrons. The number of methoxy groups -OCH3 is 1. The van der Waals surface area contributed by atoms with Crippen LogP contribution in [0.15, 0.2) is 0 Å². The highest BCUT2D eigenvalue weighted by atomic mass is 32.2. The number of hydrogen-bond donors (Lipinski definition) is 1. The van der Waals surface area contributed by atoms with Gasteiger partial charge in [0.2, 0.25) is 5.91 Å². The van der Waals surface area contributed by atoms with Crippen molar-refractivity contribution >= 4 is 23.6 Å². The van der Waals surface area contributed by atoms with Crippen LogP contribution in [-0.4, -0.2) is 36.0 Å². The summed E-state index contributed by atoms with van der Waals surface area (Å²) < 4.78 is 4.61. The van der Waals surface area contributed by atoms with Crippen molar-refractivity contribution in [1.29, 1.82) is 5.26 Å². The van der Waals surface area contributed by atoms with Crippen LogP contribution in [-0.2, 0) is 14.3 Å². The van der Waals surface area contributed by atoms with Crippen molar-refractivity contribution < 1.29 is 14.3 Å². The highest BCUT2D eigenvalue weighted by molar-refractivity contribution is 7.99. The molecule has 0 spiro atoms. The maximum atomic E-state index is 11.8. The minimum absolute atomic E-state index is 0.134. The Hall–Kier alpha value is -1.22. The van der Waals surface area contributed by atoms with Crippen LogP contribution in [0.1, 0.15) is 32.6 Å². The Kier molecular flexibility index (Phi) is 6.16. The molecule has 1 saturated carbocycles. The zero-order chi connectivity index (χ0) is 14.3. The van der Waals surface area contributed by atoms with Gasteiger partial charge in [-0.2, -0.15) is 17.0 Å². The maximum Gasteiger partial charge on any atom is 0.309 e. The van der Waals surface area contributed by atoms with Gasteiger partial charge >= 0.3 is 5.97 Å². The fourth-order valence-corrected chi connectivity index (χ4v) is 3.01. The van der Waals surface area contributed by atoms with Gasteiger partial charge in [-0.15, -0.1) is 0 Å². The Morgan fingerprint density at radius 2 is 2.11 bits per heavy atom. The highest BCUT2D eigenvalue weighted by Gasteiger charge is 2.35. The average molecular weight is 284 g/mol. The average Bonchev–Trinajstić information content (AvgIpc) is 2.86. The molecule has 0 aromatic heterocycles. The van der Waals surface area contributed by atoms with E-state index in [1.54, 1.807) is 6.92 Å². The van der Waals surface area contributed by atoms with E-state index in [-0.39, 0.29) is 23.5 Å². The normalized spacial score (nSPS) is 18.4.